The molecule has 6 nitrogen and oxygen atoms in total. The molecule has 0 saturated carbocycles. The molecule has 7 heteroatoms. The molecule has 1 amide bonds. The third kappa shape index (κ3) is 3.39. The number of rotatable bonds is 4. The van der Waals surface area contributed by atoms with Crippen molar-refractivity contribution in [2.75, 3.05) is 19.7 Å². The van der Waals surface area contributed by atoms with Gasteiger partial charge in [-0.2, -0.15) is 5.10 Å². The molecule has 0 unspecified atom stereocenters. The second kappa shape index (κ2) is 7.23. The number of halogens is 1. The van der Waals surface area contributed by atoms with Crippen molar-refractivity contribution in [1.82, 2.24) is 14.7 Å². The number of amides is 1. The van der Waals surface area contributed by atoms with Crippen molar-refractivity contribution >= 4 is 17.5 Å². The molecule has 0 atom stereocenters. The number of carbonyl (C=O) groups excluding carboxylic acids is 1. The molecule has 1 aromatic carbocycles. The van der Waals surface area contributed by atoms with Crippen LogP contribution in [0.15, 0.2) is 30.5 Å². The summed E-state index contributed by atoms with van der Waals surface area (Å²) in [6, 6.07) is 6.52. The Morgan fingerprint density at radius 2 is 2.04 bits per heavy atom. The van der Waals surface area contributed by atoms with Crippen LogP contribution < -0.4 is 0 Å². The monoisotopic (exact) mass is 349 g/mol. The second-order valence-corrected chi connectivity index (χ2v) is 6.37. The van der Waals surface area contributed by atoms with E-state index in [1.165, 1.54) is 6.07 Å². The summed E-state index contributed by atoms with van der Waals surface area (Å²) in [6.45, 7) is 1.79. The van der Waals surface area contributed by atoms with Gasteiger partial charge in [-0.25, -0.2) is 0 Å². The van der Waals surface area contributed by atoms with E-state index in [9.17, 15) is 9.90 Å². The number of phenolic OH excluding ortho intramolecular Hbond substituents is 1. The molecular formula is C17H20ClN3O3. The smallest absolute Gasteiger partial charge is 0.257 e. The maximum absolute atomic E-state index is 12.6. The normalized spacial score (nSPS) is 15.7. The molecule has 128 valence electrons. The summed E-state index contributed by atoms with van der Waals surface area (Å²) in [7, 11) is 0. The first-order chi connectivity index (χ1) is 11.6. The Bertz CT molecular complexity index is 724. The van der Waals surface area contributed by atoms with Crippen LogP contribution in [-0.4, -0.2) is 50.5 Å². The quantitative estimate of drug-likeness (QED) is 0.887. The summed E-state index contributed by atoms with van der Waals surface area (Å²) >= 11 is 5.81. The van der Waals surface area contributed by atoms with E-state index < -0.39 is 0 Å². The predicted molar refractivity (Wildman–Crippen MR) is 90.3 cm³/mol. The number of likely N-dealkylation sites (tertiary alicyclic amines) is 1. The van der Waals surface area contributed by atoms with E-state index in [0.29, 0.717) is 30.6 Å². The molecule has 1 saturated heterocycles. The number of nitrogens with zero attached hydrogens (tertiary/aromatic N) is 3. The van der Waals surface area contributed by atoms with Crippen LogP contribution in [0.5, 0.6) is 5.75 Å². The lowest BCUT2D eigenvalue weighted by Crippen LogP contribution is -2.38. The Morgan fingerprint density at radius 1 is 1.29 bits per heavy atom. The van der Waals surface area contributed by atoms with Crippen LogP contribution >= 0.6 is 11.6 Å². The van der Waals surface area contributed by atoms with Gasteiger partial charge in [0.15, 0.2) is 0 Å². The Balaban J connectivity index is 1.66. The van der Waals surface area contributed by atoms with Crippen LogP contribution in [0.3, 0.4) is 0 Å². The van der Waals surface area contributed by atoms with Crippen molar-refractivity contribution in [2.45, 2.75) is 25.3 Å². The summed E-state index contributed by atoms with van der Waals surface area (Å²) < 4.78 is 1.83. The van der Waals surface area contributed by atoms with Gasteiger partial charge in [0.1, 0.15) is 5.75 Å². The molecule has 1 aromatic heterocycles. The van der Waals surface area contributed by atoms with E-state index >= 15 is 0 Å². The molecule has 1 aliphatic rings. The highest BCUT2D eigenvalue weighted by Gasteiger charge is 2.27. The maximum Gasteiger partial charge on any atom is 0.257 e. The third-order valence-corrected chi connectivity index (χ3v) is 4.69. The number of benzene rings is 1. The van der Waals surface area contributed by atoms with Gasteiger partial charge in [-0.1, -0.05) is 11.6 Å². The second-order valence-electron chi connectivity index (χ2n) is 5.93. The van der Waals surface area contributed by atoms with Gasteiger partial charge >= 0.3 is 0 Å². The van der Waals surface area contributed by atoms with Crippen LogP contribution in [0, 0.1) is 0 Å². The van der Waals surface area contributed by atoms with Crippen molar-refractivity contribution in [3.63, 3.8) is 0 Å². The zero-order valence-electron chi connectivity index (χ0n) is 13.2. The number of aromatic nitrogens is 2. The lowest BCUT2D eigenvalue weighted by atomic mass is 9.93. The molecule has 2 aromatic rings. The molecule has 2 heterocycles. The van der Waals surface area contributed by atoms with Gasteiger partial charge in [0.2, 0.25) is 0 Å². The number of carbonyl (C=O) groups is 1. The Morgan fingerprint density at radius 3 is 2.71 bits per heavy atom. The summed E-state index contributed by atoms with van der Waals surface area (Å²) in [5.74, 6) is 0.0593. The number of hydrogen-bond acceptors (Lipinski definition) is 4. The standard InChI is InChI=1S/C17H20ClN3O3/c18-13-1-2-14(16(23)11-13)17(24)20-7-4-12(5-8-20)15-3-6-19-21(15)9-10-22/h1-3,6,11-12,22-23H,4-5,7-10H2. The summed E-state index contributed by atoms with van der Waals surface area (Å²) in [5, 5.41) is 23.7. The van der Waals surface area contributed by atoms with Crippen molar-refractivity contribution in [3.05, 3.63) is 46.7 Å². The SMILES string of the molecule is O=C(c1ccc(Cl)cc1O)N1CCC(c2ccnn2CCO)CC1. The zero-order chi connectivity index (χ0) is 17.1. The largest absolute Gasteiger partial charge is 0.507 e. The maximum atomic E-state index is 12.6. The lowest BCUT2D eigenvalue weighted by Gasteiger charge is -2.32. The van der Waals surface area contributed by atoms with Gasteiger partial charge in [-0.3, -0.25) is 9.48 Å². The van der Waals surface area contributed by atoms with Crippen LogP contribution in [0.25, 0.3) is 0 Å². The van der Waals surface area contributed by atoms with Gasteiger partial charge in [-0.15, -0.1) is 0 Å². The molecular weight excluding hydrogens is 330 g/mol. The van der Waals surface area contributed by atoms with Crippen molar-refractivity contribution in [2.24, 2.45) is 0 Å². The summed E-state index contributed by atoms with van der Waals surface area (Å²) in [6.07, 6.45) is 3.41. The highest BCUT2D eigenvalue weighted by atomic mass is 35.5. The number of aliphatic hydroxyl groups excluding tert-OH is 1. The minimum absolute atomic E-state index is 0.0574. The van der Waals surface area contributed by atoms with Crippen molar-refractivity contribution in [3.8, 4) is 5.75 Å². The minimum atomic E-state index is -0.175. The molecule has 0 radical (unpaired) electrons. The third-order valence-electron chi connectivity index (χ3n) is 4.45. The highest BCUT2D eigenvalue weighted by Crippen LogP contribution is 2.30. The van der Waals surface area contributed by atoms with Gasteiger partial charge in [-0.05, 0) is 37.1 Å². The first-order valence-corrected chi connectivity index (χ1v) is 8.38. The summed E-state index contributed by atoms with van der Waals surface area (Å²) in [4.78, 5) is 14.3. The first kappa shape index (κ1) is 16.8. The molecule has 3 rings (SSSR count). The molecule has 0 aliphatic carbocycles. The zero-order valence-corrected chi connectivity index (χ0v) is 14.0. The number of hydrogen-bond donors (Lipinski definition) is 2. The number of aromatic hydroxyl groups is 1. The van der Waals surface area contributed by atoms with Gasteiger partial charge < -0.3 is 15.1 Å². The fraction of sp³-hybridized carbons (Fsp3) is 0.412. The van der Waals surface area contributed by atoms with E-state index in [4.69, 9.17) is 16.7 Å². The lowest BCUT2D eigenvalue weighted by molar-refractivity contribution is 0.0708. The average Bonchev–Trinajstić information content (AvgIpc) is 3.03. The average molecular weight is 350 g/mol. The minimum Gasteiger partial charge on any atom is -0.507 e. The van der Waals surface area contributed by atoms with Crippen molar-refractivity contribution < 1.29 is 15.0 Å². The van der Waals surface area contributed by atoms with E-state index in [-0.39, 0.29) is 23.8 Å². The number of phenols is 1. The topological polar surface area (TPSA) is 78.6 Å². The molecule has 0 bridgehead atoms. The van der Waals surface area contributed by atoms with Crippen LogP contribution in [0.4, 0.5) is 0 Å². The van der Waals surface area contributed by atoms with Crippen molar-refractivity contribution in [1.29, 1.82) is 0 Å². The molecule has 0 spiro atoms. The molecule has 24 heavy (non-hydrogen) atoms. The molecule has 1 aliphatic heterocycles. The number of piperidine rings is 1. The molecule has 2 N–H and O–H groups in total. The Hall–Kier alpha value is -2.05. The number of aliphatic hydroxyl groups is 1. The van der Waals surface area contributed by atoms with E-state index in [1.807, 2.05) is 10.7 Å². The highest BCUT2D eigenvalue weighted by molar-refractivity contribution is 6.30. The van der Waals surface area contributed by atoms with Crippen LogP contribution in [-0.2, 0) is 6.54 Å². The fourth-order valence-electron chi connectivity index (χ4n) is 3.21. The van der Waals surface area contributed by atoms with Crippen LogP contribution in [0.2, 0.25) is 5.02 Å². The first-order valence-electron chi connectivity index (χ1n) is 8.00. The van der Waals surface area contributed by atoms with Gasteiger partial charge in [0.05, 0.1) is 18.7 Å². The Kier molecular flexibility index (Phi) is 5.06. The van der Waals surface area contributed by atoms with E-state index in [0.717, 1.165) is 18.5 Å². The van der Waals surface area contributed by atoms with Gasteiger partial charge in [0.25, 0.3) is 5.91 Å². The van der Waals surface area contributed by atoms with Gasteiger partial charge in [0, 0.05) is 35.9 Å². The fourth-order valence-corrected chi connectivity index (χ4v) is 3.37. The Labute approximate surface area is 145 Å². The van der Waals surface area contributed by atoms with E-state index in [1.54, 1.807) is 23.2 Å². The summed E-state index contributed by atoms with van der Waals surface area (Å²) in [5.41, 5.74) is 1.38. The van der Waals surface area contributed by atoms with E-state index in [2.05, 4.69) is 5.10 Å². The predicted octanol–water partition coefficient (Wildman–Crippen LogP) is 2.25. The molecule has 1 fully saturated rings. The van der Waals surface area contributed by atoms with Crippen LogP contribution in [0.1, 0.15) is 34.8 Å².